The number of para-hydroxylation sites is 1. The van der Waals surface area contributed by atoms with Crippen LogP contribution in [0.15, 0.2) is 30.3 Å². The number of rotatable bonds is 2. The zero-order valence-electron chi connectivity index (χ0n) is 5.15. The Hall–Kier alpha value is -0.506. The Labute approximate surface area is 65.4 Å². The van der Waals surface area contributed by atoms with Gasteiger partial charge in [0, 0.05) is 0 Å². The molecule has 1 N–H and O–H groups in total. The van der Waals surface area contributed by atoms with Gasteiger partial charge in [0.2, 0.25) is 0 Å². The molecule has 52 valence electrons. The third kappa shape index (κ3) is 2.39. The Kier molecular flexibility index (Phi) is 2.74. The summed E-state index contributed by atoms with van der Waals surface area (Å²) < 4.78 is 23.2. The maximum atomic E-state index is 10.2. The van der Waals surface area contributed by atoms with Crippen LogP contribution in [0.25, 0.3) is 0 Å². The monoisotopic (exact) mass is 174 g/mol. The van der Waals surface area contributed by atoms with Gasteiger partial charge in [-0.05, 0) is 0 Å². The van der Waals surface area contributed by atoms with E-state index in [1.165, 1.54) is 0 Å². The van der Waals surface area contributed by atoms with Gasteiger partial charge < -0.3 is 0 Å². The summed E-state index contributed by atoms with van der Waals surface area (Å²) in [7, 11) is 0. The summed E-state index contributed by atoms with van der Waals surface area (Å²) in [6, 6.07) is 8.59. The summed E-state index contributed by atoms with van der Waals surface area (Å²) in [6.07, 6.45) is 0. The number of benzene rings is 1. The van der Waals surface area contributed by atoms with E-state index in [9.17, 15) is 3.32 Å². The molecule has 0 radical (unpaired) electrons. The van der Waals surface area contributed by atoms with Crippen molar-refractivity contribution in [3.63, 3.8) is 0 Å². The molecule has 0 heterocycles. The fraction of sp³-hybridized carbons (Fsp3) is 0. The van der Waals surface area contributed by atoms with Crippen LogP contribution in [-0.4, -0.2) is 3.69 Å². The summed E-state index contributed by atoms with van der Waals surface area (Å²) in [5, 5.41) is 0. The summed E-state index contributed by atoms with van der Waals surface area (Å²) in [5.74, 6) is 0.454. The van der Waals surface area contributed by atoms with Crippen molar-refractivity contribution in [2.45, 2.75) is 0 Å². The Morgan fingerprint density at radius 3 is 2.40 bits per heavy atom. The molecule has 0 amide bonds. The van der Waals surface area contributed by atoms with Crippen LogP contribution in [0.3, 0.4) is 0 Å². The van der Waals surface area contributed by atoms with Gasteiger partial charge in [-0.15, -0.1) is 0 Å². The average Bonchev–Trinajstić information content (AvgIpc) is 1.88. The van der Waals surface area contributed by atoms with E-state index in [1.54, 1.807) is 24.3 Å². The summed E-state index contributed by atoms with van der Waals surface area (Å²) in [4.78, 5) is 0. The molecule has 0 aliphatic rings. The third-order valence-corrected chi connectivity index (χ3v) is 1.59. The van der Waals surface area contributed by atoms with Crippen LogP contribution in [0.1, 0.15) is 0 Å². The first kappa shape index (κ1) is 7.60. The normalized spacial score (nSPS) is 8.90. The second kappa shape index (κ2) is 3.61. The first-order valence-electron chi connectivity index (χ1n) is 2.75. The molecule has 3 nitrogen and oxygen atoms in total. The standard InChI is InChI=1S/C6H6O.H2O.O.Ti/c7-6-4-2-1-3-5-6;;;/h1-5,7H;1H2;;/q;;;+2/p-2. The van der Waals surface area contributed by atoms with Gasteiger partial charge in [0.25, 0.3) is 0 Å². The van der Waals surface area contributed by atoms with Gasteiger partial charge in [0.15, 0.2) is 0 Å². The fourth-order valence-electron chi connectivity index (χ4n) is 0.589. The SMILES string of the molecule is [O]=[Ti]([OH])[O]c1ccccc1. The van der Waals surface area contributed by atoms with Crippen molar-refractivity contribution in [2.24, 2.45) is 0 Å². The molecule has 0 unspecified atom stereocenters. The van der Waals surface area contributed by atoms with Crippen molar-refractivity contribution in [1.82, 2.24) is 0 Å². The third-order valence-electron chi connectivity index (χ3n) is 0.948. The Balaban J connectivity index is 2.67. The van der Waals surface area contributed by atoms with Gasteiger partial charge in [-0.3, -0.25) is 0 Å². The molecule has 0 aromatic heterocycles. The molecule has 4 heteroatoms. The van der Waals surface area contributed by atoms with Gasteiger partial charge >= 0.3 is 65.0 Å². The van der Waals surface area contributed by atoms with E-state index in [0.29, 0.717) is 5.75 Å². The van der Waals surface area contributed by atoms with E-state index in [4.69, 9.17) is 3.69 Å². The van der Waals surface area contributed by atoms with E-state index in [1.807, 2.05) is 6.07 Å². The minimum absolute atomic E-state index is 0.454. The molecular weight excluding hydrogens is 168 g/mol. The summed E-state index contributed by atoms with van der Waals surface area (Å²) in [5.41, 5.74) is 0. The molecular formula is C6H6O3Ti. The zero-order valence-corrected chi connectivity index (χ0v) is 6.71. The van der Waals surface area contributed by atoms with Crippen molar-refractivity contribution in [1.29, 1.82) is 0 Å². The van der Waals surface area contributed by atoms with Crippen LogP contribution >= 0.6 is 0 Å². The van der Waals surface area contributed by atoms with E-state index in [-0.39, 0.29) is 0 Å². The Bertz CT molecular complexity index is 222. The molecule has 1 aromatic carbocycles. The maximum absolute atomic E-state index is 10.2. The number of hydrogen-bond acceptors (Lipinski definition) is 2. The predicted molar refractivity (Wildman–Crippen MR) is 30.0 cm³/mol. The van der Waals surface area contributed by atoms with Crippen LogP contribution in [0, 0.1) is 0 Å². The Morgan fingerprint density at radius 1 is 1.30 bits per heavy atom. The van der Waals surface area contributed by atoms with Crippen LogP contribution in [-0.2, 0) is 21.9 Å². The van der Waals surface area contributed by atoms with Gasteiger partial charge in [-0.1, -0.05) is 0 Å². The molecule has 0 aliphatic heterocycles. The quantitative estimate of drug-likeness (QED) is 0.676. The molecule has 1 aromatic rings. The number of hydrogen-bond donors (Lipinski definition) is 1. The van der Waals surface area contributed by atoms with Crippen LogP contribution < -0.4 is 3.32 Å². The Morgan fingerprint density at radius 2 is 1.90 bits per heavy atom. The van der Waals surface area contributed by atoms with Crippen molar-refractivity contribution in [2.75, 3.05) is 0 Å². The minimum atomic E-state index is -3.38. The second-order valence-electron chi connectivity index (χ2n) is 1.68. The molecule has 0 atom stereocenters. The molecule has 0 saturated carbocycles. The first-order chi connectivity index (χ1) is 4.79. The fourth-order valence-corrected chi connectivity index (χ4v) is 1.12. The van der Waals surface area contributed by atoms with Gasteiger partial charge in [-0.2, -0.15) is 0 Å². The van der Waals surface area contributed by atoms with Gasteiger partial charge in [0.1, 0.15) is 0 Å². The molecule has 0 aliphatic carbocycles. The topological polar surface area (TPSA) is 46.5 Å². The van der Waals surface area contributed by atoms with Crippen LogP contribution in [0.5, 0.6) is 5.75 Å². The first-order valence-corrected chi connectivity index (χ1v) is 4.72. The van der Waals surface area contributed by atoms with Gasteiger partial charge in [-0.25, -0.2) is 0 Å². The molecule has 0 bridgehead atoms. The van der Waals surface area contributed by atoms with Crippen molar-refractivity contribution in [3.05, 3.63) is 30.3 Å². The van der Waals surface area contributed by atoms with Crippen molar-refractivity contribution in [3.8, 4) is 5.75 Å². The zero-order chi connectivity index (χ0) is 7.40. The van der Waals surface area contributed by atoms with Crippen LogP contribution in [0.2, 0.25) is 0 Å². The molecule has 0 fully saturated rings. The molecule has 0 saturated heterocycles. The average molecular weight is 174 g/mol. The molecule has 10 heavy (non-hydrogen) atoms. The second-order valence-corrected chi connectivity index (χ2v) is 2.83. The van der Waals surface area contributed by atoms with Crippen molar-refractivity contribution < 1.29 is 28.9 Å². The predicted octanol–water partition coefficient (Wildman–Crippen LogP) is 0.851. The summed E-state index contributed by atoms with van der Waals surface area (Å²) in [6.45, 7) is 0. The van der Waals surface area contributed by atoms with E-state index < -0.39 is 18.6 Å². The van der Waals surface area contributed by atoms with E-state index in [0.717, 1.165) is 0 Å². The van der Waals surface area contributed by atoms with E-state index in [2.05, 4.69) is 3.32 Å². The van der Waals surface area contributed by atoms with E-state index >= 15 is 0 Å². The molecule has 1 rings (SSSR count). The van der Waals surface area contributed by atoms with Crippen molar-refractivity contribution >= 4 is 0 Å². The van der Waals surface area contributed by atoms with Crippen LogP contribution in [0.4, 0.5) is 0 Å². The molecule has 0 spiro atoms. The summed E-state index contributed by atoms with van der Waals surface area (Å²) >= 11 is -3.38. The van der Waals surface area contributed by atoms with Gasteiger partial charge in [0.05, 0.1) is 0 Å².